The predicted octanol–water partition coefficient (Wildman–Crippen LogP) is 4.32. The molecule has 4 nitrogen and oxygen atoms in total. The molecule has 0 fully saturated rings. The summed E-state index contributed by atoms with van der Waals surface area (Å²) in [4.78, 5) is 16.9. The van der Waals surface area contributed by atoms with E-state index in [4.69, 9.17) is 16.0 Å². The van der Waals surface area contributed by atoms with E-state index in [1.807, 2.05) is 0 Å². The highest BCUT2D eigenvalue weighted by Crippen LogP contribution is 2.38. The van der Waals surface area contributed by atoms with Crippen LogP contribution in [0.3, 0.4) is 0 Å². The molecule has 0 aliphatic heterocycles. The molecule has 1 heterocycles. The second kappa shape index (κ2) is 6.23. The zero-order chi connectivity index (χ0) is 17.4. The Labute approximate surface area is 135 Å². The molecule has 1 atom stereocenters. The third-order valence-electron chi connectivity index (χ3n) is 3.30. The number of benzene rings is 1. The molecule has 0 unspecified atom stereocenters. The van der Waals surface area contributed by atoms with Gasteiger partial charge in [0, 0.05) is 19.0 Å². The van der Waals surface area contributed by atoms with Gasteiger partial charge in [-0.1, -0.05) is 23.7 Å². The van der Waals surface area contributed by atoms with Crippen molar-refractivity contribution in [3.8, 4) is 0 Å². The average molecular weight is 347 g/mol. The number of rotatable bonds is 3. The fourth-order valence-corrected chi connectivity index (χ4v) is 2.41. The summed E-state index contributed by atoms with van der Waals surface area (Å²) in [6.07, 6.45) is -4.65. The van der Waals surface area contributed by atoms with Crippen molar-refractivity contribution in [2.24, 2.45) is 0 Å². The van der Waals surface area contributed by atoms with Crippen LogP contribution < -0.4 is 0 Å². The molecular weight excluding hydrogens is 333 g/mol. The maximum Gasteiger partial charge on any atom is 0.413 e. The van der Waals surface area contributed by atoms with Crippen LogP contribution in [-0.2, 0) is 0 Å². The first-order valence-electron chi connectivity index (χ1n) is 6.64. The molecule has 8 heteroatoms. The van der Waals surface area contributed by atoms with Crippen molar-refractivity contribution in [2.75, 3.05) is 7.05 Å². The van der Waals surface area contributed by atoms with Crippen molar-refractivity contribution in [1.82, 2.24) is 9.88 Å². The fraction of sp³-hybridized carbons (Fsp3) is 0.333. The first kappa shape index (κ1) is 17.3. The lowest BCUT2D eigenvalue weighted by molar-refractivity contribution is -0.176. The van der Waals surface area contributed by atoms with E-state index < -0.39 is 18.1 Å². The molecule has 0 aliphatic carbocycles. The van der Waals surface area contributed by atoms with Gasteiger partial charge in [-0.25, -0.2) is 4.98 Å². The number of hydrogen-bond donors (Lipinski definition) is 0. The quantitative estimate of drug-likeness (QED) is 0.831. The third kappa shape index (κ3) is 3.67. The minimum Gasteiger partial charge on any atom is -0.436 e. The SMILES string of the molecule is Cc1nc(C)c(C(=O)N(C)[C@H](c2ccc(Cl)cc2)C(F)(F)F)o1. The molecule has 0 aliphatic rings. The van der Waals surface area contributed by atoms with Crippen LogP contribution >= 0.6 is 11.6 Å². The van der Waals surface area contributed by atoms with Gasteiger partial charge in [-0.15, -0.1) is 0 Å². The smallest absolute Gasteiger partial charge is 0.413 e. The molecule has 1 aromatic heterocycles. The van der Waals surface area contributed by atoms with Crippen LogP contribution in [0.5, 0.6) is 0 Å². The standard InChI is InChI=1S/C15H14ClF3N2O2/c1-8-12(23-9(2)20-8)14(22)21(3)13(15(17,18)19)10-4-6-11(16)7-5-10/h4-7,13H,1-3H3/t13-/m1/s1. The number of aromatic nitrogens is 1. The maximum absolute atomic E-state index is 13.5. The Hall–Kier alpha value is -2.02. The van der Waals surface area contributed by atoms with E-state index in [9.17, 15) is 18.0 Å². The molecule has 0 radical (unpaired) electrons. The average Bonchev–Trinajstić information content (AvgIpc) is 2.77. The van der Waals surface area contributed by atoms with E-state index >= 15 is 0 Å². The Bertz CT molecular complexity index is 711. The molecule has 0 spiro atoms. The molecule has 124 valence electrons. The van der Waals surface area contributed by atoms with Gasteiger partial charge in [0.1, 0.15) is 0 Å². The van der Waals surface area contributed by atoms with E-state index in [0.29, 0.717) is 9.92 Å². The largest absolute Gasteiger partial charge is 0.436 e. The number of oxazole rings is 1. The predicted molar refractivity (Wildman–Crippen MR) is 78.3 cm³/mol. The molecule has 1 aromatic carbocycles. The Balaban J connectivity index is 2.41. The highest BCUT2D eigenvalue weighted by Gasteiger charge is 2.46. The van der Waals surface area contributed by atoms with Gasteiger partial charge in [-0.3, -0.25) is 4.79 Å². The number of amides is 1. The fourth-order valence-electron chi connectivity index (χ4n) is 2.28. The molecular formula is C15H14ClF3N2O2. The van der Waals surface area contributed by atoms with Gasteiger partial charge < -0.3 is 9.32 Å². The van der Waals surface area contributed by atoms with Gasteiger partial charge >= 0.3 is 6.18 Å². The van der Waals surface area contributed by atoms with E-state index in [0.717, 1.165) is 7.05 Å². The lowest BCUT2D eigenvalue weighted by atomic mass is 10.0. The summed E-state index contributed by atoms with van der Waals surface area (Å²) in [6.45, 7) is 3.02. The van der Waals surface area contributed by atoms with Crippen LogP contribution in [0.15, 0.2) is 28.7 Å². The summed E-state index contributed by atoms with van der Waals surface area (Å²) in [5, 5.41) is 0.311. The monoisotopic (exact) mass is 346 g/mol. The number of carbonyl (C=O) groups excluding carboxylic acids is 1. The van der Waals surface area contributed by atoms with Gasteiger partial charge in [0.05, 0.1) is 5.69 Å². The van der Waals surface area contributed by atoms with Crippen molar-refractivity contribution in [1.29, 1.82) is 0 Å². The van der Waals surface area contributed by atoms with Crippen LogP contribution in [-0.4, -0.2) is 29.0 Å². The highest BCUT2D eigenvalue weighted by atomic mass is 35.5. The van der Waals surface area contributed by atoms with Crippen LogP contribution in [0.25, 0.3) is 0 Å². The first-order valence-corrected chi connectivity index (χ1v) is 7.02. The molecule has 1 amide bonds. The van der Waals surface area contributed by atoms with Gasteiger partial charge in [-0.05, 0) is 24.6 Å². The minimum absolute atomic E-state index is 0.0911. The summed E-state index contributed by atoms with van der Waals surface area (Å²) in [6, 6.07) is 3.05. The zero-order valence-corrected chi connectivity index (χ0v) is 13.4. The first-order chi connectivity index (χ1) is 10.6. The van der Waals surface area contributed by atoms with Gasteiger partial charge in [0.15, 0.2) is 11.9 Å². The van der Waals surface area contributed by atoms with Crippen molar-refractivity contribution in [3.05, 3.63) is 52.2 Å². The Kier molecular flexibility index (Phi) is 4.70. The molecule has 23 heavy (non-hydrogen) atoms. The van der Waals surface area contributed by atoms with Crippen molar-refractivity contribution >= 4 is 17.5 Å². The van der Waals surface area contributed by atoms with Crippen molar-refractivity contribution < 1.29 is 22.4 Å². The molecule has 2 aromatic rings. The van der Waals surface area contributed by atoms with Gasteiger partial charge in [0.2, 0.25) is 5.76 Å². The molecule has 2 rings (SSSR count). The number of alkyl halides is 3. The second-order valence-corrected chi connectivity index (χ2v) is 5.50. The van der Waals surface area contributed by atoms with Crippen molar-refractivity contribution in [2.45, 2.75) is 26.1 Å². The van der Waals surface area contributed by atoms with E-state index in [-0.39, 0.29) is 22.9 Å². The Morgan fingerprint density at radius 3 is 2.26 bits per heavy atom. The number of halogens is 4. The van der Waals surface area contributed by atoms with Crippen LogP contribution in [0, 0.1) is 13.8 Å². The van der Waals surface area contributed by atoms with Gasteiger partial charge in [-0.2, -0.15) is 13.2 Å². The Morgan fingerprint density at radius 2 is 1.83 bits per heavy atom. The topological polar surface area (TPSA) is 46.3 Å². The second-order valence-electron chi connectivity index (χ2n) is 5.06. The third-order valence-corrected chi connectivity index (χ3v) is 3.55. The summed E-state index contributed by atoms with van der Waals surface area (Å²) >= 11 is 5.71. The number of hydrogen-bond acceptors (Lipinski definition) is 3. The highest BCUT2D eigenvalue weighted by molar-refractivity contribution is 6.30. The number of aryl methyl sites for hydroxylation is 2. The van der Waals surface area contributed by atoms with E-state index in [1.54, 1.807) is 0 Å². The van der Waals surface area contributed by atoms with Crippen LogP contribution in [0.1, 0.15) is 33.7 Å². The summed E-state index contributed by atoms with van der Waals surface area (Å²) in [5.41, 5.74) is 0.156. The van der Waals surface area contributed by atoms with E-state index in [1.165, 1.54) is 38.1 Å². The van der Waals surface area contributed by atoms with Crippen LogP contribution in [0.2, 0.25) is 5.02 Å². The van der Waals surface area contributed by atoms with Crippen LogP contribution in [0.4, 0.5) is 13.2 Å². The minimum atomic E-state index is -4.65. The lowest BCUT2D eigenvalue weighted by Gasteiger charge is -2.29. The summed E-state index contributed by atoms with van der Waals surface area (Å²) < 4.78 is 45.5. The number of nitrogens with zero attached hydrogens (tertiary/aromatic N) is 2. The summed E-state index contributed by atoms with van der Waals surface area (Å²) in [7, 11) is 1.08. The van der Waals surface area contributed by atoms with Crippen molar-refractivity contribution in [3.63, 3.8) is 0 Å². The maximum atomic E-state index is 13.5. The Morgan fingerprint density at radius 1 is 1.26 bits per heavy atom. The normalized spacial score (nSPS) is 13.0. The molecule has 0 bridgehead atoms. The molecule has 0 saturated carbocycles. The molecule has 0 saturated heterocycles. The zero-order valence-electron chi connectivity index (χ0n) is 12.6. The van der Waals surface area contributed by atoms with Gasteiger partial charge in [0.25, 0.3) is 5.91 Å². The van der Waals surface area contributed by atoms with E-state index in [2.05, 4.69) is 4.98 Å². The summed E-state index contributed by atoms with van der Waals surface area (Å²) in [5.74, 6) is -0.872. The molecule has 0 N–H and O–H groups in total. The lowest BCUT2D eigenvalue weighted by Crippen LogP contribution is -2.39. The number of carbonyl (C=O) groups is 1.